The molecule has 9 heteroatoms. The minimum Gasteiger partial charge on any atom is -0.446 e. The van der Waals surface area contributed by atoms with E-state index in [1.807, 2.05) is 17.5 Å². The van der Waals surface area contributed by atoms with Gasteiger partial charge >= 0.3 is 6.09 Å². The van der Waals surface area contributed by atoms with Crippen molar-refractivity contribution in [3.05, 3.63) is 52.7 Å². The monoisotopic (exact) mass is 519 g/mol. The predicted molar refractivity (Wildman–Crippen MR) is 145 cm³/mol. The zero-order valence-corrected chi connectivity index (χ0v) is 21.9. The second kappa shape index (κ2) is 11.0. The summed E-state index contributed by atoms with van der Waals surface area (Å²) in [5.74, 6) is 0.624. The molecule has 2 amide bonds. The molecule has 8 nitrogen and oxygen atoms in total. The van der Waals surface area contributed by atoms with Crippen LogP contribution in [0.2, 0.25) is 0 Å². The van der Waals surface area contributed by atoms with Gasteiger partial charge in [-0.3, -0.25) is 4.79 Å². The molecule has 0 atom stereocenters. The maximum absolute atomic E-state index is 12.8. The lowest BCUT2D eigenvalue weighted by Gasteiger charge is -2.38. The van der Waals surface area contributed by atoms with Crippen molar-refractivity contribution in [1.29, 1.82) is 0 Å². The maximum atomic E-state index is 12.8. The Morgan fingerprint density at radius 1 is 1.08 bits per heavy atom. The number of nitrogens with two attached hydrogens (primary N) is 1. The molecule has 0 bridgehead atoms. The van der Waals surface area contributed by atoms with E-state index in [1.54, 1.807) is 18.4 Å². The number of hydrogen-bond acceptors (Lipinski definition) is 7. The Morgan fingerprint density at radius 3 is 2.46 bits per heavy atom. The summed E-state index contributed by atoms with van der Waals surface area (Å²) in [6.07, 6.45) is 6.38. The van der Waals surface area contributed by atoms with Crippen LogP contribution in [0.3, 0.4) is 0 Å². The highest BCUT2D eigenvalue weighted by atomic mass is 32.1. The molecule has 0 unspecified atom stereocenters. The normalized spacial score (nSPS) is 20.5. The van der Waals surface area contributed by atoms with Crippen molar-refractivity contribution in [2.75, 3.05) is 12.4 Å². The zero-order valence-electron chi connectivity index (χ0n) is 21.0. The van der Waals surface area contributed by atoms with Crippen molar-refractivity contribution in [2.45, 2.75) is 63.0 Å². The largest absolute Gasteiger partial charge is 0.446 e. The number of nitrogens with one attached hydrogen (secondary N) is 2. The third-order valence-corrected chi connectivity index (χ3v) is 8.30. The summed E-state index contributed by atoms with van der Waals surface area (Å²) in [5, 5.41) is 18.4. The van der Waals surface area contributed by atoms with Crippen molar-refractivity contribution in [2.24, 2.45) is 11.7 Å². The van der Waals surface area contributed by atoms with Crippen LogP contribution in [0.25, 0.3) is 22.4 Å². The van der Waals surface area contributed by atoms with Crippen LogP contribution in [-0.2, 0) is 15.1 Å². The molecule has 2 heterocycles. The molecule has 3 aromatic rings. The molecule has 2 fully saturated rings. The number of thiophene rings is 1. The van der Waals surface area contributed by atoms with E-state index in [4.69, 9.17) is 10.5 Å². The van der Waals surface area contributed by atoms with Gasteiger partial charge in [0.05, 0.1) is 0 Å². The Bertz CT molecular complexity index is 1230. The van der Waals surface area contributed by atoms with Crippen LogP contribution in [0, 0.1) is 5.92 Å². The number of alkyl carbamates (subject to hydrolysis) is 1. The number of nitrogens with zero attached hydrogens (tertiary/aromatic N) is 2. The van der Waals surface area contributed by atoms with Crippen molar-refractivity contribution in [3.63, 3.8) is 0 Å². The molecule has 194 valence electrons. The fourth-order valence-electron chi connectivity index (χ4n) is 5.23. The number of aromatic nitrogens is 2. The molecule has 2 aliphatic rings. The smallest absolute Gasteiger partial charge is 0.407 e. The predicted octanol–water partition coefficient (Wildman–Crippen LogP) is 5.45. The number of benzene rings is 1. The van der Waals surface area contributed by atoms with E-state index < -0.39 is 6.09 Å². The molecule has 5 rings (SSSR count). The van der Waals surface area contributed by atoms with Gasteiger partial charge in [-0.2, -0.15) is 11.3 Å². The van der Waals surface area contributed by atoms with Crippen LogP contribution in [0.1, 0.15) is 56.9 Å². The maximum Gasteiger partial charge on any atom is 0.407 e. The van der Waals surface area contributed by atoms with E-state index in [0.717, 1.165) is 66.5 Å². The Labute approximate surface area is 221 Å². The van der Waals surface area contributed by atoms with Gasteiger partial charge in [-0.15, -0.1) is 10.2 Å². The molecule has 2 saturated carbocycles. The molecule has 2 aromatic heterocycles. The molecule has 2 aliphatic carbocycles. The second-order valence-corrected chi connectivity index (χ2v) is 10.9. The summed E-state index contributed by atoms with van der Waals surface area (Å²) in [7, 11) is 1.55. The number of carbonyl (C=O) groups is 2. The summed E-state index contributed by atoms with van der Waals surface area (Å²) in [6.45, 7) is 0. The van der Waals surface area contributed by atoms with Crippen LogP contribution in [0.5, 0.6) is 0 Å². The van der Waals surface area contributed by atoms with E-state index >= 15 is 0 Å². The zero-order chi connectivity index (χ0) is 25.8. The van der Waals surface area contributed by atoms with Gasteiger partial charge in [0.25, 0.3) is 0 Å². The SMILES string of the molecule is CNC(=O)O[C@H]1CC[C@H](CC(=O)Nc2cc(-c3ccsc3)c(-c3ccc(C4(N)CCC4)cc3)nn2)CC1. The average Bonchev–Trinajstić information content (AvgIpc) is 3.43. The molecule has 0 aliphatic heterocycles. The van der Waals surface area contributed by atoms with Gasteiger partial charge in [-0.1, -0.05) is 24.3 Å². The van der Waals surface area contributed by atoms with Gasteiger partial charge in [0, 0.05) is 30.1 Å². The Hall–Kier alpha value is -3.30. The number of ether oxygens (including phenoxy) is 1. The number of anilines is 1. The first-order valence-electron chi connectivity index (χ1n) is 12.9. The first kappa shape index (κ1) is 25.4. The minimum absolute atomic E-state index is 0.0768. The quantitative estimate of drug-likeness (QED) is 0.382. The third-order valence-electron chi connectivity index (χ3n) is 7.62. The molecular weight excluding hydrogens is 486 g/mol. The van der Waals surface area contributed by atoms with Gasteiger partial charge in [-0.05, 0) is 84.9 Å². The Morgan fingerprint density at radius 2 is 1.84 bits per heavy atom. The van der Waals surface area contributed by atoms with Crippen molar-refractivity contribution < 1.29 is 14.3 Å². The van der Waals surface area contributed by atoms with E-state index in [2.05, 4.69) is 50.5 Å². The van der Waals surface area contributed by atoms with Crippen LogP contribution >= 0.6 is 11.3 Å². The molecular formula is C28H33N5O3S. The minimum atomic E-state index is -0.401. The highest BCUT2D eigenvalue weighted by Crippen LogP contribution is 2.40. The fourth-order valence-corrected chi connectivity index (χ4v) is 5.89. The van der Waals surface area contributed by atoms with E-state index in [0.29, 0.717) is 12.2 Å². The highest BCUT2D eigenvalue weighted by molar-refractivity contribution is 7.08. The fraction of sp³-hybridized carbons (Fsp3) is 0.429. The van der Waals surface area contributed by atoms with Crippen molar-refractivity contribution in [3.8, 4) is 22.4 Å². The summed E-state index contributed by atoms with van der Waals surface area (Å²) >= 11 is 1.62. The number of carbonyl (C=O) groups excluding carboxylic acids is 2. The van der Waals surface area contributed by atoms with Gasteiger partial charge in [0.2, 0.25) is 5.91 Å². The standard InChI is InChI=1S/C28H33N5O3S/c1-30-27(35)36-22-9-3-18(4-10-22)15-25(34)31-24-16-23(20-11-14-37-17-20)26(33-32-24)19-5-7-21(8-6-19)28(29)12-2-13-28/h5-8,11,14,16-18,22H,2-4,9-10,12-13,15,29H2,1H3,(H,30,35)(H,31,32,34)/t18-,22-. The van der Waals surface area contributed by atoms with Crippen LogP contribution in [-0.4, -0.2) is 35.3 Å². The number of amides is 2. The van der Waals surface area contributed by atoms with Gasteiger partial charge in [0.15, 0.2) is 5.82 Å². The third kappa shape index (κ3) is 5.83. The molecule has 0 saturated heterocycles. The van der Waals surface area contributed by atoms with Gasteiger partial charge in [0.1, 0.15) is 11.8 Å². The van der Waals surface area contributed by atoms with Crippen molar-refractivity contribution >= 4 is 29.2 Å². The Balaban J connectivity index is 1.26. The summed E-state index contributed by atoms with van der Waals surface area (Å²) in [5.41, 5.74) is 11.2. The molecule has 0 spiro atoms. The van der Waals surface area contributed by atoms with Crippen LogP contribution in [0.4, 0.5) is 10.6 Å². The Kier molecular flexibility index (Phi) is 7.53. The second-order valence-electron chi connectivity index (χ2n) is 10.1. The van der Waals surface area contributed by atoms with Crippen molar-refractivity contribution in [1.82, 2.24) is 15.5 Å². The summed E-state index contributed by atoms with van der Waals surface area (Å²) in [4.78, 5) is 24.2. The van der Waals surface area contributed by atoms with Gasteiger partial charge < -0.3 is 21.1 Å². The first-order chi connectivity index (χ1) is 17.9. The van der Waals surface area contributed by atoms with Gasteiger partial charge in [-0.25, -0.2) is 4.79 Å². The molecule has 37 heavy (non-hydrogen) atoms. The average molecular weight is 520 g/mol. The molecule has 0 radical (unpaired) electrons. The van der Waals surface area contributed by atoms with Crippen LogP contribution in [0.15, 0.2) is 47.2 Å². The molecule has 1 aromatic carbocycles. The lowest BCUT2D eigenvalue weighted by Crippen LogP contribution is -2.43. The lowest BCUT2D eigenvalue weighted by atomic mass is 9.72. The van der Waals surface area contributed by atoms with E-state index in [-0.39, 0.29) is 23.5 Å². The van der Waals surface area contributed by atoms with E-state index in [1.165, 1.54) is 6.42 Å². The lowest BCUT2D eigenvalue weighted by molar-refractivity contribution is -0.117. The summed E-state index contributed by atoms with van der Waals surface area (Å²) < 4.78 is 5.34. The van der Waals surface area contributed by atoms with E-state index in [9.17, 15) is 9.59 Å². The molecule has 4 N–H and O–H groups in total. The number of rotatable bonds is 7. The number of hydrogen-bond donors (Lipinski definition) is 3. The highest BCUT2D eigenvalue weighted by Gasteiger charge is 2.34. The van der Waals surface area contributed by atoms with Crippen LogP contribution < -0.4 is 16.4 Å². The first-order valence-corrected chi connectivity index (χ1v) is 13.9. The topological polar surface area (TPSA) is 119 Å². The summed E-state index contributed by atoms with van der Waals surface area (Å²) in [6, 6.07) is 12.3.